The normalized spacial score (nSPS) is 45.9. The van der Waals surface area contributed by atoms with E-state index >= 15 is 0 Å². The van der Waals surface area contributed by atoms with E-state index in [-0.39, 0.29) is 0 Å². The summed E-state index contributed by atoms with van der Waals surface area (Å²) in [6.07, 6.45) is 5.01. The maximum absolute atomic E-state index is 8.38. The van der Waals surface area contributed by atoms with Gasteiger partial charge in [0.05, 0.1) is 6.07 Å². The molecule has 0 aromatic heterocycles. The molecular formula is C8H11N. The van der Waals surface area contributed by atoms with Gasteiger partial charge in [0.2, 0.25) is 0 Å². The van der Waals surface area contributed by atoms with Crippen LogP contribution in [0.4, 0.5) is 0 Å². The smallest absolute Gasteiger partial charge is 0.0624 e. The van der Waals surface area contributed by atoms with Gasteiger partial charge in [0.1, 0.15) is 0 Å². The number of hydrogen-bond acceptors (Lipinski definition) is 1. The topological polar surface area (TPSA) is 23.8 Å². The highest BCUT2D eigenvalue weighted by atomic mass is 14.5. The van der Waals surface area contributed by atoms with E-state index in [1.807, 2.05) is 0 Å². The second-order valence-corrected chi connectivity index (χ2v) is 3.46. The van der Waals surface area contributed by atoms with Gasteiger partial charge in [-0.25, -0.2) is 0 Å². The monoisotopic (exact) mass is 121 g/mol. The summed E-state index contributed by atoms with van der Waals surface area (Å²) in [6, 6.07) is 2.25. The predicted octanol–water partition coefficient (Wildman–Crippen LogP) is 1.95. The Hall–Kier alpha value is -0.510. The quantitative estimate of drug-likeness (QED) is 0.520. The molecule has 0 spiro atoms. The van der Waals surface area contributed by atoms with Crippen molar-refractivity contribution in [3.05, 3.63) is 0 Å². The fraction of sp³-hybridized carbons (Fsp3) is 0.875. The highest BCUT2D eigenvalue weighted by molar-refractivity contribution is 4.97. The second kappa shape index (κ2) is 1.73. The molecule has 2 aliphatic rings. The van der Waals surface area contributed by atoms with Crippen LogP contribution in [0.15, 0.2) is 0 Å². The SMILES string of the molecule is N#CCC1CC2CC2C1. The standard InChI is InChI=1S/C8H11N/c9-2-1-6-3-7-5-8(7)4-6/h6-8H,1,3-5H2. The van der Waals surface area contributed by atoms with Gasteiger partial charge in [0, 0.05) is 6.42 Å². The Labute approximate surface area is 55.7 Å². The zero-order valence-electron chi connectivity index (χ0n) is 5.51. The molecule has 1 nitrogen and oxygen atoms in total. The number of hydrogen-bond donors (Lipinski definition) is 0. The van der Waals surface area contributed by atoms with Crippen molar-refractivity contribution < 1.29 is 0 Å². The Bertz CT molecular complexity index is 146. The van der Waals surface area contributed by atoms with E-state index in [0.29, 0.717) is 0 Å². The molecular weight excluding hydrogens is 110 g/mol. The summed E-state index contributed by atoms with van der Waals surface area (Å²) in [7, 11) is 0. The van der Waals surface area contributed by atoms with Crippen LogP contribution >= 0.6 is 0 Å². The molecule has 0 radical (unpaired) electrons. The zero-order chi connectivity index (χ0) is 6.27. The summed E-state index contributed by atoms with van der Waals surface area (Å²) in [6.45, 7) is 0. The van der Waals surface area contributed by atoms with Crippen molar-refractivity contribution in [1.82, 2.24) is 0 Å². The Morgan fingerprint density at radius 1 is 1.22 bits per heavy atom. The average molecular weight is 121 g/mol. The van der Waals surface area contributed by atoms with Crippen molar-refractivity contribution in [2.45, 2.75) is 25.7 Å². The Kier molecular flexibility index (Phi) is 1.02. The molecule has 2 unspecified atom stereocenters. The lowest BCUT2D eigenvalue weighted by Crippen LogP contribution is -1.93. The molecule has 0 heterocycles. The van der Waals surface area contributed by atoms with E-state index in [4.69, 9.17) is 5.26 Å². The zero-order valence-corrected chi connectivity index (χ0v) is 5.51. The minimum atomic E-state index is 0.777. The Balaban J connectivity index is 1.85. The molecule has 2 rings (SSSR count). The lowest BCUT2D eigenvalue weighted by atomic mass is 10.0. The first-order chi connectivity index (χ1) is 4.40. The highest BCUT2D eigenvalue weighted by Crippen LogP contribution is 2.54. The van der Waals surface area contributed by atoms with Gasteiger partial charge in [-0.1, -0.05) is 0 Å². The van der Waals surface area contributed by atoms with Crippen LogP contribution in [0, 0.1) is 29.1 Å². The van der Waals surface area contributed by atoms with Crippen molar-refractivity contribution in [1.29, 1.82) is 5.26 Å². The maximum atomic E-state index is 8.38. The van der Waals surface area contributed by atoms with Crippen LogP contribution in [0.25, 0.3) is 0 Å². The van der Waals surface area contributed by atoms with Crippen molar-refractivity contribution >= 4 is 0 Å². The molecule has 2 atom stereocenters. The van der Waals surface area contributed by atoms with E-state index in [1.54, 1.807) is 0 Å². The van der Waals surface area contributed by atoms with Gasteiger partial charge in [-0.3, -0.25) is 0 Å². The summed E-state index contributed by atoms with van der Waals surface area (Å²) >= 11 is 0. The average Bonchev–Trinajstić information content (AvgIpc) is 2.42. The second-order valence-electron chi connectivity index (χ2n) is 3.46. The fourth-order valence-electron chi connectivity index (χ4n) is 2.14. The molecule has 1 heteroatoms. The van der Waals surface area contributed by atoms with Gasteiger partial charge in [-0.05, 0) is 37.0 Å². The van der Waals surface area contributed by atoms with Gasteiger partial charge in [0.25, 0.3) is 0 Å². The summed E-state index contributed by atoms with van der Waals surface area (Å²) < 4.78 is 0. The molecule has 2 aliphatic carbocycles. The molecule has 0 amide bonds. The van der Waals surface area contributed by atoms with Crippen molar-refractivity contribution in [2.24, 2.45) is 17.8 Å². The van der Waals surface area contributed by atoms with Crippen LogP contribution in [0.5, 0.6) is 0 Å². The molecule has 2 saturated carbocycles. The third-order valence-electron chi connectivity index (χ3n) is 2.72. The van der Waals surface area contributed by atoms with Gasteiger partial charge < -0.3 is 0 Å². The molecule has 0 aliphatic heterocycles. The summed E-state index contributed by atoms with van der Waals surface area (Å²) in [5.74, 6) is 2.87. The van der Waals surface area contributed by atoms with Gasteiger partial charge in [-0.15, -0.1) is 0 Å². The van der Waals surface area contributed by atoms with Crippen molar-refractivity contribution in [3.8, 4) is 6.07 Å². The van der Waals surface area contributed by atoms with E-state index in [2.05, 4.69) is 6.07 Å². The van der Waals surface area contributed by atoms with Crippen molar-refractivity contribution in [3.63, 3.8) is 0 Å². The molecule has 48 valence electrons. The molecule has 0 saturated heterocycles. The van der Waals surface area contributed by atoms with Crippen LogP contribution in [-0.2, 0) is 0 Å². The number of nitrogens with zero attached hydrogens (tertiary/aromatic N) is 1. The first-order valence-electron chi connectivity index (χ1n) is 3.77. The number of rotatable bonds is 1. The largest absolute Gasteiger partial charge is 0.198 e. The van der Waals surface area contributed by atoms with Gasteiger partial charge in [-0.2, -0.15) is 5.26 Å². The first-order valence-corrected chi connectivity index (χ1v) is 3.77. The van der Waals surface area contributed by atoms with E-state index < -0.39 is 0 Å². The van der Waals surface area contributed by atoms with E-state index in [1.165, 1.54) is 19.3 Å². The third-order valence-corrected chi connectivity index (χ3v) is 2.72. The highest BCUT2D eigenvalue weighted by Gasteiger charge is 2.45. The lowest BCUT2D eigenvalue weighted by Gasteiger charge is -2.03. The summed E-state index contributed by atoms with van der Waals surface area (Å²) in [5.41, 5.74) is 0. The van der Waals surface area contributed by atoms with Crippen LogP contribution in [0.1, 0.15) is 25.7 Å². The first kappa shape index (κ1) is 5.29. The molecule has 0 aromatic carbocycles. The molecule has 0 bridgehead atoms. The lowest BCUT2D eigenvalue weighted by molar-refractivity contribution is 0.498. The van der Waals surface area contributed by atoms with Crippen LogP contribution in [-0.4, -0.2) is 0 Å². The van der Waals surface area contributed by atoms with E-state index in [9.17, 15) is 0 Å². The summed E-state index contributed by atoms with van der Waals surface area (Å²) in [4.78, 5) is 0. The third kappa shape index (κ3) is 0.830. The summed E-state index contributed by atoms with van der Waals surface area (Å²) in [5, 5.41) is 8.38. The minimum Gasteiger partial charge on any atom is -0.198 e. The molecule has 2 fully saturated rings. The van der Waals surface area contributed by atoms with Gasteiger partial charge in [0.15, 0.2) is 0 Å². The maximum Gasteiger partial charge on any atom is 0.0624 e. The van der Waals surface area contributed by atoms with Crippen LogP contribution in [0.3, 0.4) is 0 Å². The Morgan fingerprint density at radius 3 is 2.44 bits per heavy atom. The molecule has 9 heavy (non-hydrogen) atoms. The van der Waals surface area contributed by atoms with Crippen LogP contribution < -0.4 is 0 Å². The van der Waals surface area contributed by atoms with E-state index in [0.717, 1.165) is 24.2 Å². The van der Waals surface area contributed by atoms with Crippen LogP contribution in [0.2, 0.25) is 0 Å². The predicted molar refractivity (Wildman–Crippen MR) is 34.6 cm³/mol. The van der Waals surface area contributed by atoms with Crippen molar-refractivity contribution in [2.75, 3.05) is 0 Å². The molecule has 0 aromatic rings. The Morgan fingerprint density at radius 2 is 1.89 bits per heavy atom. The number of nitriles is 1. The molecule has 0 N–H and O–H groups in total. The van der Waals surface area contributed by atoms with Gasteiger partial charge >= 0.3 is 0 Å². The minimum absolute atomic E-state index is 0.777. The fourth-order valence-corrected chi connectivity index (χ4v) is 2.14. The number of fused-ring (bicyclic) bond motifs is 1.